The molecule has 0 aliphatic heterocycles. The van der Waals surface area contributed by atoms with Gasteiger partial charge in [0.05, 0.1) is 17.3 Å². The zero-order valence-electron chi connectivity index (χ0n) is 11.1. The molecule has 0 bridgehead atoms. The highest BCUT2D eigenvalue weighted by atomic mass is 19.4. The molecule has 0 aliphatic rings. The molecule has 0 amide bonds. The Morgan fingerprint density at radius 3 is 2.40 bits per heavy atom. The Labute approximate surface area is 114 Å². The van der Waals surface area contributed by atoms with Gasteiger partial charge < -0.3 is 0 Å². The van der Waals surface area contributed by atoms with Gasteiger partial charge in [-0.2, -0.15) is 18.3 Å². The van der Waals surface area contributed by atoms with Gasteiger partial charge >= 0.3 is 6.18 Å². The molecule has 0 saturated heterocycles. The van der Waals surface area contributed by atoms with Crippen molar-refractivity contribution in [3.05, 3.63) is 52.8 Å². The maximum Gasteiger partial charge on any atom is 0.416 e. The van der Waals surface area contributed by atoms with Crippen molar-refractivity contribution in [3.8, 4) is 0 Å². The SMILES string of the molecule is Cc1nn(C)cc1C(NN)c1ccccc1C(F)(F)F. The molecule has 2 aromatic rings. The Kier molecular flexibility index (Phi) is 3.82. The fourth-order valence-corrected chi connectivity index (χ4v) is 2.26. The summed E-state index contributed by atoms with van der Waals surface area (Å²) in [5.41, 5.74) is 3.08. The summed E-state index contributed by atoms with van der Waals surface area (Å²) in [5, 5.41) is 4.14. The van der Waals surface area contributed by atoms with E-state index in [-0.39, 0.29) is 5.56 Å². The predicted octanol–water partition coefficient (Wildman–Crippen LogP) is 2.30. The number of benzene rings is 1. The number of hydrogen-bond donors (Lipinski definition) is 2. The van der Waals surface area contributed by atoms with Crippen LogP contribution < -0.4 is 11.3 Å². The van der Waals surface area contributed by atoms with E-state index >= 15 is 0 Å². The van der Waals surface area contributed by atoms with Crippen molar-refractivity contribution in [1.82, 2.24) is 15.2 Å². The molecular weight excluding hydrogens is 269 g/mol. The van der Waals surface area contributed by atoms with E-state index in [1.54, 1.807) is 30.9 Å². The second-order valence-electron chi connectivity index (χ2n) is 4.53. The number of nitrogens with zero attached hydrogens (tertiary/aromatic N) is 2. The molecule has 0 radical (unpaired) electrons. The van der Waals surface area contributed by atoms with Gasteiger partial charge in [0.2, 0.25) is 0 Å². The van der Waals surface area contributed by atoms with Crippen LogP contribution in [0, 0.1) is 6.92 Å². The predicted molar refractivity (Wildman–Crippen MR) is 68.6 cm³/mol. The van der Waals surface area contributed by atoms with Gasteiger partial charge in [-0.3, -0.25) is 10.5 Å². The number of aromatic nitrogens is 2. The van der Waals surface area contributed by atoms with E-state index < -0.39 is 17.8 Å². The van der Waals surface area contributed by atoms with Gasteiger partial charge in [0.15, 0.2) is 0 Å². The smallest absolute Gasteiger partial charge is 0.275 e. The zero-order chi connectivity index (χ0) is 14.9. The van der Waals surface area contributed by atoms with Crippen LogP contribution in [0.5, 0.6) is 0 Å². The topological polar surface area (TPSA) is 55.9 Å². The molecule has 0 spiro atoms. The van der Waals surface area contributed by atoms with Crippen molar-refractivity contribution in [2.75, 3.05) is 0 Å². The standard InChI is InChI=1S/C13H15F3N4/c1-8-10(7-20(2)19-8)12(18-17)9-5-3-4-6-11(9)13(14,15)16/h3-7,12,18H,17H2,1-2H3. The van der Waals surface area contributed by atoms with Crippen LogP contribution in [0.25, 0.3) is 0 Å². The van der Waals surface area contributed by atoms with Crippen molar-refractivity contribution >= 4 is 0 Å². The van der Waals surface area contributed by atoms with Crippen molar-refractivity contribution in [1.29, 1.82) is 0 Å². The highest BCUT2D eigenvalue weighted by Crippen LogP contribution is 2.36. The van der Waals surface area contributed by atoms with Crippen LogP contribution in [-0.4, -0.2) is 9.78 Å². The van der Waals surface area contributed by atoms with E-state index in [1.807, 2.05) is 0 Å². The summed E-state index contributed by atoms with van der Waals surface area (Å²) < 4.78 is 40.8. The second kappa shape index (κ2) is 5.26. The van der Waals surface area contributed by atoms with E-state index in [1.165, 1.54) is 12.1 Å². The first kappa shape index (κ1) is 14.5. The van der Waals surface area contributed by atoms with E-state index in [2.05, 4.69) is 10.5 Å². The number of hydrazine groups is 1. The number of halogens is 3. The largest absolute Gasteiger partial charge is 0.416 e. The van der Waals surface area contributed by atoms with Gasteiger partial charge in [0.1, 0.15) is 0 Å². The molecule has 108 valence electrons. The van der Waals surface area contributed by atoms with E-state index in [0.717, 1.165) is 6.07 Å². The third-order valence-electron chi connectivity index (χ3n) is 3.11. The molecular formula is C13H15F3N4. The fraction of sp³-hybridized carbons (Fsp3) is 0.308. The van der Waals surface area contributed by atoms with E-state index in [9.17, 15) is 13.2 Å². The monoisotopic (exact) mass is 284 g/mol. The summed E-state index contributed by atoms with van der Waals surface area (Å²) >= 11 is 0. The normalized spacial score (nSPS) is 13.5. The van der Waals surface area contributed by atoms with Crippen LogP contribution in [-0.2, 0) is 13.2 Å². The van der Waals surface area contributed by atoms with Gasteiger partial charge in [-0.25, -0.2) is 5.43 Å². The van der Waals surface area contributed by atoms with Gasteiger partial charge in [0.25, 0.3) is 0 Å². The second-order valence-corrected chi connectivity index (χ2v) is 4.53. The first-order valence-electron chi connectivity index (χ1n) is 5.97. The molecule has 0 saturated carbocycles. The first-order valence-corrected chi connectivity index (χ1v) is 5.97. The molecule has 2 rings (SSSR count). The number of nitrogens with two attached hydrogens (primary N) is 1. The molecule has 3 N–H and O–H groups in total. The van der Waals surface area contributed by atoms with Gasteiger partial charge in [-0.1, -0.05) is 18.2 Å². The first-order chi connectivity index (χ1) is 9.34. The number of aryl methyl sites for hydroxylation is 2. The summed E-state index contributed by atoms with van der Waals surface area (Å²) in [4.78, 5) is 0. The van der Waals surface area contributed by atoms with Gasteiger partial charge in [-0.05, 0) is 18.6 Å². The Morgan fingerprint density at radius 2 is 1.90 bits per heavy atom. The molecule has 4 nitrogen and oxygen atoms in total. The third-order valence-corrected chi connectivity index (χ3v) is 3.11. The maximum absolute atomic E-state index is 13.1. The van der Waals surface area contributed by atoms with Crippen molar-refractivity contribution in [3.63, 3.8) is 0 Å². The Balaban J connectivity index is 2.56. The molecule has 1 aromatic heterocycles. The maximum atomic E-state index is 13.1. The average molecular weight is 284 g/mol. The van der Waals surface area contributed by atoms with Crippen LogP contribution in [0.3, 0.4) is 0 Å². The minimum absolute atomic E-state index is 0.0820. The lowest BCUT2D eigenvalue weighted by Gasteiger charge is -2.20. The minimum Gasteiger partial charge on any atom is -0.275 e. The van der Waals surface area contributed by atoms with E-state index in [0.29, 0.717) is 11.3 Å². The molecule has 7 heteroatoms. The molecule has 1 unspecified atom stereocenters. The van der Waals surface area contributed by atoms with Crippen LogP contribution in [0.4, 0.5) is 13.2 Å². The zero-order valence-corrected chi connectivity index (χ0v) is 11.1. The van der Waals surface area contributed by atoms with E-state index in [4.69, 9.17) is 5.84 Å². The molecule has 20 heavy (non-hydrogen) atoms. The molecule has 1 aromatic carbocycles. The molecule has 0 aliphatic carbocycles. The quantitative estimate of drug-likeness (QED) is 0.671. The van der Waals surface area contributed by atoms with Crippen molar-refractivity contribution < 1.29 is 13.2 Å². The minimum atomic E-state index is -4.43. The van der Waals surface area contributed by atoms with Crippen LogP contribution in [0.15, 0.2) is 30.5 Å². The van der Waals surface area contributed by atoms with Crippen LogP contribution in [0.1, 0.15) is 28.4 Å². The lowest BCUT2D eigenvalue weighted by Crippen LogP contribution is -2.30. The van der Waals surface area contributed by atoms with Crippen molar-refractivity contribution in [2.24, 2.45) is 12.9 Å². The summed E-state index contributed by atoms with van der Waals surface area (Å²) in [5.74, 6) is 5.47. The summed E-state index contributed by atoms with van der Waals surface area (Å²) in [6.07, 6.45) is -2.77. The lowest BCUT2D eigenvalue weighted by molar-refractivity contribution is -0.138. The lowest BCUT2D eigenvalue weighted by atomic mass is 9.95. The van der Waals surface area contributed by atoms with Gasteiger partial charge in [0, 0.05) is 18.8 Å². The number of hydrogen-bond acceptors (Lipinski definition) is 3. The number of alkyl halides is 3. The number of rotatable bonds is 3. The van der Waals surface area contributed by atoms with Crippen LogP contribution in [0.2, 0.25) is 0 Å². The summed E-state index contributed by atoms with van der Waals surface area (Å²) in [7, 11) is 1.71. The highest BCUT2D eigenvalue weighted by Gasteiger charge is 2.35. The fourth-order valence-electron chi connectivity index (χ4n) is 2.26. The highest BCUT2D eigenvalue weighted by molar-refractivity contribution is 5.39. The third kappa shape index (κ3) is 2.68. The van der Waals surface area contributed by atoms with Gasteiger partial charge in [-0.15, -0.1) is 0 Å². The summed E-state index contributed by atoms with van der Waals surface area (Å²) in [6, 6.07) is 4.61. The molecule has 0 fully saturated rings. The Morgan fingerprint density at radius 1 is 1.25 bits per heavy atom. The average Bonchev–Trinajstić information content (AvgIpc) is 2.69. The van der Waals surface area contributed by atoms with Crippen molar-refractivity contribution in [2.45, 2.75) is 19.1 Å². The Hall–Kier alpha value is -1.86. The number of nitrogens with one attached hydrogen (secondary N) is 1. The molecule has 1 atom stereocenters. The summed E-state index contributed by atoms with van der Waals surface area (Å²) in [6.45, 7) is 1.73. The molecule has 1 heterocycles. The van der Waals surface area contributed by atoms with Crippen LogP contribution >= 0.6 is 0 Å². The Bertz CT molecular complexity index is 604.